The highest BCUT2D eigenvalue weighted by Gasteiger charge is 2.23. The van der Waals surface area contributed by atoms with Crippen LogP contribution in [-0.4, -0.2) is 4.57 Å². The van der Waals surface area contributed by atoms with E-state index >= 15 is 0 Å². The molecule has 0 saturated carbocycles. The maximum Gasteiger partial charge on any atom is 0.0625 e. The topological polar surface area (TPSA) is 4.93 Å². The zero-order valence-corrected chi connectivity index (χ0v) is 34.4. The molecule has 2 heterocycles. The lowest BCUT2D eigenvalue weighted by atomic mass is 9.90. The van der Waals surface area contributed by atoms with Crippen molar-refractivity contribution in [3.63, 3.8) is 0 Å². The van der Waals surface area contributed by atoms with E-state index in [1.54, 1.807) is 0 Å². The first-order chi connectivity index (χ1) is 30.1. The van der Waals surface area contributed by atoms with Gasteiger partial charge in [0.25, 0.3) is 0 Å². The van der Waals surface area contributed by atoms with Crippen molar-refractivity contribution in [2.75, 3.05) is 0 Å². The molecule has 0 bridgehead atoms. The number of thiophene rings is 1. The van der Waals surface area contributed by atoms with E-state index in [1.807, 2.05) is 11.3 Å². The van der Waals surface area contributed by atoms with Gasteiger partial charge in [-0.15, -0.1) is 11.3 Å². The van der Waals surface area contributed by atoms with Crippen LogP contribution in [0.5, 0.6) is 0 Å². The van der Waals surface area contributed by atoms with Crippen LogP contribution < -0.4 is 0 Å². The maximum atomic E-state index is 4.58. The zero-order chi connectivity index (χ0) is 40.3. The van der Waals surface area contributed by atoms with Gasteiger partial charge in [0.1, 0.15) is 0 Å². The molecule has 1 nitrogen and oxygen atoms in total. The first-order valence-electron chi connectivity index (χ1n) is 21.0. The van der Waals surface area contributed by atoms with E-state index in [-0.39, 0.29) is 0 Å². The van der Waals surface area contributed by atoms with E-state index in [1.165, 1.54) is 130 Å². The van der Waals surface area contributed by atoms with E-state index in [0.717, 1.165) is 5.57 Å². The molecule has 284 valence electrons. The van der Waals surface area contributed by atoms with Gasteiger partial charge in [0, 0.05) is 31.4 Å². The Morgan fingerprint density at radius 1 is 0.475 bits per heavy atom. The lowest BCUT2D eigenvalue weighted by molar-refractivity contribution is 1.19. The minimum atomic E-state index is 1.02. The third-order valence-electron chi connectivity index (χ3n) is 13.3. The Kier molecular flexibility index (Phi) is 7.31. The maximum absolute atomic E-state index is 4.58. The summed E-state index contributed by atoms with van der Waals surface area (Å²) in [5.74, 6) is 0. The molecule has 1 aliphatic carbocycles. The van der Waals surface area contributed by atoms with Gasteiger partial charge in [0.15, 0.2) is 0 Å². The van der Waals surface area contributed by atoms with Crippen LogP contribution in [0.15, 0.2) is 195 Å². The van der Waals surface area contributed by atoms with Crippen molar-refractivity contribution in [3.05, 3.63) is 211 Å². The summed E-state index contributed by atoms with van der Waals surface area (Å²) in [5.41, 5.74) is 14.9. The number of aromatic nitrogens is 1. The van der Waals surface area contributed by atoms with E-state index < -0.39 is 0 Å². The van der Waals surface area contributed by atoms with Gasteiger partial charge in [-0.1, -0.05) is 158 Å². The average molecular weight is 792 g/mol. The highest BCUT2D eigenvalue weighted by Crippen LogP contribution is 2.49. The SMILES string of the molecule is C=C(/C=C\c1sc2ccc(-c3ccc4c(c3)c3ccccc3c3c4ccc4c5ccccc5n(-c5ccccc5)c43)cc2c1C)c1ccc2c3c(cccc13)-c1ccccc1-2. The van der Waals surface area contributed by atoms with Crippen LogP contribution in [-0.2, 0) is 0 Å². The number of aryl methyl sites for hydroxylation is 1. The summed E-state index contributed by atoms with van der Waals surface area (Å²) in [4.78, 5) is 1.27. The monoisotopic (exact) mass is 791 g/mol. The Morgan fingerprint density at radius 3 is 1.92 bits per heavy atom. The molecule has 0 fully saturated rings. The Morgan fingerprint density at radius 2 is 1.08 bits per heavy atom. The summed E-state index contributed by atoms with van der Waals surface area (Å²) >= 11 is 1.85. The van der Waals surface area contributed by atoms with Crippen molar-refractivity contribution in [3.8, 4) is 39.1 Å². The molecule has 12 aromatic rings. The fourth-order valence-electron chi connectivity index (χ4n) is 10.5. The summed E-state index contributed by atoms with van der Waals surface area (Å²) < 4.78 is 3.76. The summed E-state index contributed by atoms with van der Waals surface area (Å²) in [6, 6.07) is 67.3. The number of rotatable bonds is 5. The van der Waals surface area contributed by atoms with Gasteiger partial charge in [0.2, 0.25) is 0 Å². The van der Waals surface area contributed by atoms with Crippen molar-refractivity contribution in [2.24, 2.45) is 0 Å². The van der Waals surface area contributed by atoms with Crippen molar-refractivity contribution >= 4 is 98.0 Å². The van der Waals surface area contributed by atoms with Crippen molar-refractivity contribution in [2.45, 2.75) is 6.92 Å². The third-order valence-corrected chi connectivity index (χ3v) is 14.5. The fraction of sp³-hybridized carbons (Fsp3) is 0.0169. The molecule has 0 atom stereocenters. The Balaban J connectivity index is 0.908. The standard InChI is InChI=1S/C59H37NS/c1-35(40-27-28-49-42-16-7-6-15-41(42)47-21-12-20-46(40)57(47)49)23-31-55-36(2)52-33-38(25-32-56(52)61-55)37-24-26-44-50-29-30-51-45-18-10-11-22-54(45)60(39-13-4-3-5-14-39)59(51)58(50)48-19-9-8-17-43(48)53(44)34-37/h3-34H,1H2,2H3/b31-23-. The van der Waals surface area contributed by atoms with Crippen molar-refractivity contribution < 1.29 is 0 Å². The molecule has 0 saturated heterocycles. The predicted molar refractivity (Wildman–Crippen MR) is 265 cm³/mol. The second kappa shape index (κ2) is 13.0. The molecule has 2 aromatic heterocycles. The molecular weight excluding hydrogens is 755 g/mol. The second-order valence-corrected chi connectivity index (χ2v) is 17.6. The van der Waals surface area contributed by atoms with Gasteiger partial charge in [0.05, 0.1) is 11.0 Å². The van der Waals surface area contributed by atoms with Gasteiger partial charge in [-0.3, -0.25) is 0 Å². The molecule has 10 aromatic carbocycles. The van der Waals surface area contributed by atoms with Gasteiger partial charge < -0.3 is 4.57 Å². The molecular formula is C59H37NS. The van der Waals surface area contributed by atoms with E-state index in [4.69, 9.17) is 0 Å². The lowest BCUT2D eigenvalue weighted by Crippen LogP contribution is -1.95. The minimum absolute atomic E-state index is 1.02. The number of nitrogens with zero attached hydrogens (tertiary/aromatic N) is 1. The van der Waals surface area contributed by atoms with Crippen molar-refractivity contribution in [1.29, 1.82) is 0 Å². The number of benzene rings is 10. The lowest BCUT2D eigenvalue weighted by Gasteiger charge is -2.15. The minimum Gasteiger partial charge on any atom is -0.309 e. The number of para-hydroxylation sites is 2. The van der Waals surface area contributed by atoms with Crippen LogP contribution in [0.2, 0.25) is 0 Å². The molecule has 0 spiro atoms. The first kappa shape index (κ1) is 34.4. The van der Waals surface area contributed by atoms with Gasteiger partial charge in [-0.25, -0.2) is 0 Å². The smallest absolute Gasteiger partial charge is 0.0625 e. The molecule has 0 aliphatic heterocycles. The molecule has 0 radical (unpaired) electrons. The summed E-state index contributed by atoms with van der Waals surface area (Å²) in [5, 5.41) is 14.1. The molecule has 2 heteroatoms. The van der Waals surface area contributed by atoms with E-state index in [2.05, 4.69) is 212 Å². The highest BCUT2D eigenvalue weighted by molar-refractivity contribution is 7.20. The third kappa shape index (κ3) is 4.94. The van der Waals surface area contributed by atoms with Crippen LogP contribution in [0.1, 0.15) is 16.0 Å². The van der Waals surface area contributed by atoms with Crippen LogP contribution in [0.25, 0.3) is 126 Å². The second-order valence-electron chi connectivity index (χ2n) is 16.5. The number of hydrogen-bond donors (Lipinski definition) is 0. The molecule has 61 heavy (non-hydrogen) atoms. The van der Waals surface area contributed by atoms with Crippen LogP contribution >= 0.6 is 11.3 Å². The predicted octanol–water partition coefficient (Wildman–Crippen LogP) is 17.0. The number of hydrogen-bond acceptors (Lipinski definition) is 1. The van der Waals surface area contributed by atoms with Crippen LogP contribution in [0.3, 0.4) is 0 Å². The number of allylic oxidation sites excluding steroid dienone is 2. The summed E-state index contributed by atoms with van der Waals surface area (Å²) in [7, 11) is 0. The summed E-state index contributed by atoms with van der Waals surface area (Å²) in [6.45, 7) is 6.84. The highest BCUT2D eigenvalue weighted by atomic mass is 32.1. The average Bonchev–Trinajstić information content (AvgIpc) is 3.95. The Hall–Kier alpha value is -7.52. The van der Waals surface area contributed by atoms with Crippen LogP contribution in [0.4, 0.5) is 0 Å². The van der Waals surface area contributed by atoms with Gasteiger partial charge in [-0.2, -0.15) is 0 Å². The van der Waals surface area contributed by atoms with E-state index in [9.17, 15) is 0 Å². The Labute approximate surface area is 357 Å². The Bertz CT molecular complexity index is 3840. The molecule has 0 unspecified atom stereocenters. The normalized spacial score (nSPS) is 12.3. The van der Waals surface area contributed by atoms with Crippen molar-refractivity contribution in [1.82, 2.24) is 4.57 Å². The molecule has 13 rings (SSSR count). The quantitative estimate of drug-likeness (QED) is 0.121. The van der Waals surface area contributed by atoms with E-state index in [0.29, 0.717) is 0 Å². The van der Waals surface area contributed by atoms with Gasteiger partial charge in [-0.05, 0) is 143 Å². The zero-order valence-electron chi connectivity index (χ0n) is 33.5. The van der Waals surface area contributed by atoms with Crippen LogP contribution in [0, 0.1) is 6.92 Å². The largest absolute Gasteiger partial charge is 0.309 e. The van der Waals surface area contributed by atoms with Gasteiger partial charge >= 0.3 is 0 Å². The molecule has 1 aliphatic rings. The first-order valence-corrected chi connectivity index (χ1v) is 21.8. The number of fused-ring (bicyclic) bond motifs is 14. The molecule has 0 amide bonds. The fourth-order valence-corrected chi connectivity index (χ4v) is 11.5. The molecule has 0 N–H and O–H groups in total. The summed E-state index contributed by atoms with van der Waals surface area (Å²) in [6.07, 6.45) is 4.47.